The molecule has 0 radical (unpaired) electrons. The van der Waals surface area contributed by atoms with Crippen molar-refractivity contribution in [1.29, 1.82) is 0 Å². The molecule has 1 atom stereocenters. The average molecular weight is 325 g/mol. The zero-order valence-electron chi connectivity index (χ0n) is 10.3. The lowest BCUT2D eigenvalue weighted by Crippen LogP contribution is -2.46. The van der Waals surface area contributed by atoms with E-state index in [9.17, 15) is 8.42 Å². The van der Waals surface area contributed by atoms with E-state index >= 15 is 0 Å². The van der Waals surface area contributed by atoms with Crippen LogP contribution in [0.3, 0.4) is 0 Å². The molecule has 0 N–H and O–H groups in total. The summed E-state index contributed by atoms with van der Waals surface area (Å²) in [6.07, 6.45) is 3.96. The van der Waals surface area contributed by atoms with Crippen molar-refractivity contribution in [2.75, 3.05) is 26.2 Å². The maximum Gasteiger partial charge on any atom is 0.281 e. The van der Waals surface area contributed by atoms with Crippen LogP contribution in [0.25, 0.3) is 0 Å². The summed E-state index contributed by atoms with van der Waals surface area (Å²) >= 11 is 3.59. The van der Waals surface area contributed by atoms with Gasteiger partial charge in [0.2, 0.25) is 0 Å². The van der Waals surface area contributed by atoms with Crippen LogP contribution in [-0.4, -0.2) is 48.0 Å². The minimum Gasteiger partial charge on any atom is -0.195 e. The molecule has 0 amide bonds. The number of alkyl halides is 1. The second kappa shape index (κ2) is 5.55. The predicted molar refractivity (Wildman–Crippen MR) is 72.4 cm³/mol. The highest BCUT2D eigenvalue weighted by Gasteiger charge is 2.34. The normalized spacial score (nSPS) is 27.4. The van der Waals surface area contributed by atoms with Gasteiger partial charge in [-0.25, -0.2) is 0 Å². The number of hydrogen-bond donors (Lipinski definition) is 0. The SMILES string of the molecule is CC(Br)C1CCN(S(=O)(=O)N2CCCC2)CC1. The predicted octanol–water partition coefficient (Wildman–Crippen LogP) is 1.82. The van der Waals surface area contributed by atoms with Gasteiger partial charge in [-0.3, -0.25) is 0 Å². The maximum absolute atomic E-state index is 12.3. The first-order chi connectivity index (χ1) is 8.01. The number of rotatable bonds is 3. The van der Waals surface area contributed by atoms with Crippen LogP contribution >= 0.6 is 15.9 Å². The molecule has 0 saturated carbocycles. The smallest absolute Gasteiger partial charge is 0.195 e. The van der Waals surface area contributed by atoms with E-state index in [1.165, 1.54) is 0 Å². The molecule has 2 fully saturated rings. The number of hydrogen-bond acceptors (Lipinski definition) is 2. The van der Waals surface area contributed by atoms with Crippen LogP contribution in [0.5, 0.6) is 0 Å². The standard InChI is InChI=1S/C11H21BrN2O2S/c1-10(12)11-4-8-14(9-5-11)17(15,16)13-6-2-3-7-13/h10-11H,2-9H2,1H3. The van der Waals surface area contributed by atoms with Gasteiger partial charge in [0.05, 0.1) is 0 Å². The van der Waals surface area contributed by atoms with Gasteiger partial charge in [0.1, 0.15) is 0 Å². The molecule has 2 heterocycles. The van der Waals surface area contributed by atoms with E-state index in [-0.39, 0.29) is 0 Å². The van der Waals surface area contributed by atoms with Crippen molar-refractivity contribution in [3.8, 4) is 0 Å². The Morgan fingerprint density at radius 3 is 2.00 bits per heavy atom. The third-order valence-corrected chi connectivity index (χ3v) is 6.65. The van der Waals surface area contributed by atoms with Gasteiger partial charge in [0, 0.05) is 31.0 Å². The van der Waals surface area contributed by atoms with Crippen molar-refractivity contribution >= 4 is 26.1 Å². The first kappa shape index (κ1) is 13.8. The Hall–Kier alpha value is 0.350. The van der Waals surface area contributed by atoms with Crippen LogP contribution in [0.2, 0.25) is 0 Å². The zero-order chi connectivity index (χ0) is 12.5. The van der Waals surface area contributed by atoms with E-state index in [4.69, 9.17) is 0 Å². The van der Waals surface area contributed by atoms with Crippen molar-refractivity contribution in [2.45, 2.75) is 37.4 Å². The minimum atomic E-state index is -3.16. The highest BCUT2D eigenvalue weighted by molar-refractivity contribution is 9.09. The molecule has 0 spiro atoms. The Bertz CT molecular complexity index is 344. The first-order valence-corrected chi connectivity index (χ1v) is 8.72. The number of nitrogens with zero attached hydrogens (tertiary/aromatic N) is 2. The average Bonchev–Trinajstić information content (AvgIpc) is 2.83. The summed E-state index contributed by atoms with van der Waals surface area (Å²) in [6, 6.07) is 0. The topological polar surface area (TPSA) is 40.6 Å². The molecule has 4 nitrogen and oxygen atoms in total. The quantitative estimate of drug-likeness (QED) is 0.743. The fourth-order valence-electron chi connectivity index (χ4n) is 2.65. The van der Waals surface area contributed by atoms with Crippen LogP contribution < -0.4 is 0 Å². The highest BCUT2D eigenvalue weighted by atomic mass is 79.9. The first-order valence-electron chi connectivity index (χ1n) is 6.41. The lowest BCUT2D eigenvalue weighted by atomic mass is 9.96. The van der Waals surface area contributed by atoms with Gasteiger partial charge in [-0.05, 0) is 31.6 Å². The molecule has 0 aromatic heterocycles. The monoisotopic (exact) mass is 324 g/mol. The molecule has 0 bridgehead atoms. The van der Waals surface area contributed by atoms with Crippen molar-refractivity contribution in [3.05, 3.63) is 0 Å². The molecule has 2 aliphatic heterocycles. The molecule has 100 valence electrons. The molecule has 6 heteroatoms. The summed E-state index contributed by atoms with van der Waals surface area (Å²) in [4.78, 5) is 0.485. The molecular weight excluding hydrogens is 304 g/mol. The summed E-state index contributed by atoms with van der Waals surface area (Å²) < 4.78 is 27.9. The molecule has 1 unspecified atom stereocenters. The second-order valence-electron chi connectivity index (χ2n) is 5.03. The second-order valence-corrected chi connectivity index (χ2v) is 8.40. The van der Waals surface area contributed by atoms with E-state index in [1.807, 2.05) is 0 Å². The van der Waals surface area contributed by atoms with Gasteiger partial charge in [-0.1, -0.05) is 22.9 Å². The third-order valence-electron chi connectivity index (χ3n) is 3.87. The van der Waals surface area contributed by atoms with Gasteiger partial charge in [-0.2, -0.15) is 17.0 Å². The van der Waals surface area contributed by atoms with Crippen molar-refractivity contribution in [2.24, 2.45) is 5.92 Å². The largest absolute Gasteiger partial charge is 0.281 e. The Labute approximate surface area is 113 Å². The summed E-state index contributed by atoms with van der Waals surface area (Å²) in [7, 11) is -3.16. The van der Waals surface area contributed by atoms with Gasteiger partial charge in [0.15, 0.2) is 0 Å². The van der Waals surface area contributed by atoms with E-state index in [0.29, 0.717) is 36.9 Å². The molecule has 2 saturated heterocycles. The maximum atomic E-state index is 12.3. The van der Waals surface area contributed by atoms with Crippen LogP contribution in [0.4, 0.5) is 0 Å². The van der Waals surface area contributed by atoms with E-state index in [1.54, 1.807) is 8.61 Å². The minimum absolute atomic E-state index is 0.485. The fourth-order valence-corrected chi connectivity index (χ4v) is 4.90. The summed E-state index contributed by atoms with van der Waals surface area (Å²) in [6.45, 7) is 4.92. The Kier molecular flexibility index (Phi) is 4.50. The Morgan fingerprint density at radius 1 is 1.06 bits per heavy atom. The Balaban J connectivity index is 1.95. The molecule has 2 aliphatic rings. The van der Waals surface area contributed by atoms with E-state index < -0.39 is 10.2 Å². The molecule has 2 rings (SSSR count). The van der Waals surface area contributed by atoms with E-state index in [2.05, 4.69) is 22.9 Å². The summed E-state index contributed by atoms with van der Waals surface area (Å²) in [5.74, 6) is 0.611. The van der Waals surface area contributed by atoms with E-state index in [0.717, 1.165) is 25.7 Å². The highest BCUT2D eigenvalue weighted by Crippen LogP contribution is 2.28. The summed E-state index contributed by atoms with van der Waals surface area (Å²) in [5, 5.41) is 0. The fraction of sp³-hybridized carbons (Fsp3) is 1.00. The number of piperidine rings is 1. The third kappa shape index (κ3) is 3.03. The van der Waals surface area contributed by atoms with Gasteiger partial charge < -0.3 is 0 Å². The van der Waals surface area contributed by atoms with Crippen LogP contribution in [0, 0.1) is 5.92 Å². The van der Waals surface area contributed by atoms with Crippen molar-refractivity contribution in [3.63, 3.8) is 0 Å². The Morgan fingerprint density at radius 2 is 1.53 bits per heavy atom. The van der Waals surface area contributed by atoms with Crippen LogP contribution in [0.1, 0.15) is 32.6 Å². The summed E-state index contributed by atoms with van der Waals surface area (Å²) in [5.41, 5.74) is 0. The van der Waals surface area contributed by atoms with Crippen LogP contribution in [0.15, 0.2) is 0 Å². The molecule has 0 aromatic rings. The lowest BCUT2D eigenvalue weighted by molar-refractivity contribution is 0.260. The van der Waals surface area contributed by atoms with Crippen LogP contribution in [-0.2, 0) is 10.2 Å². The lowest BCUT2D eigenvalue weighted by Gasteiger charge is -2.34. The van der Waals surface area contributed by atoms with Gasteiger partial charge >= 0.3 is 0 Å². The zero-order valence-corrected chi connectivity index (χ0v) is 12.7. The van der Waals surface area contributed by atoms with Gasteiger partial charge in [-0.15, -0.1) is 0 Å². The van der Waals surface area contributed by atoms with Crippen molar-refractivity contribution < 1.29 is 8.42 Å². The molecule has 0 aromatic carbocycles. The number of halogens is 1. The molecule has 0 aliphatic carbocycles. The van der Waals surface area contributed by atoms with Crippen molar-refractivity contribution in [1.82, 2.24) is 8.61 Å². The molecular formula is C11H21BrN2O2S. The molecule has 17 heavy (non-hydrogen) atoms. The van der Waals surface area contributed by atoms with Gasteiger partial charge in [0.25, 0.3) is 10.2 Å².